The highest BCUT2D eigenvalue weighted by molar-refractivity contribution is 6.30. The van der Waals surface area contributed by atoms with Crippen LogP contribution in [0.2, 0.25) is 5.15 Å². The van der Waals surface area contributed by atoms with Gasteiger partial charge in [-0.15, -0.1) is 0 Å². The van der Waals surface area contributed by atoms with E-state index in [0.29, 0.717) is 11.0 Å². The molecule has 0 saturated carbocycles. The molecule has 2 atom stereocenters. The molecular formula is C10H16ClN3O. The van der Waals surface area contributed by atoms with Gasteiger partial charge in [0.25, 0.3) is 0 Å². The van der Waals surface area contributed by atoms with E-state index in [0.717, 1.165) is 12.0 Å². The molecule has 1 aromatic rings. The smallest absolute Gasteiger partial charge is 0.137 e. The monoisotopic (exact) mass is 229 g/mol. The Balaban J connectivity index is 2.84. The predicted octanol–water partition coefficient (Wildman–Crippen LogP) is 2.01. The second-order valence-corrected chi connectivity index (χ2v) is 3.90. The van der Waals surface area contributed by atoms with Crippen LogP contribution in [-0.2, 0) is 0 Å². The molecule has 0 aliphatic heterocycles. The summed E-state index contributed by atoms with van der Waals surface area (Å²) in [6.07, 6.45) is 1.80. The topological polar surface area (TPSA) is 58.0 Å². The summed E-state index contributed by atoms with van der Waals surface area (Å²) in [5.74, 6) is 0.683. The Hall–Kier alpha value is -0.870. The van der Waals surface area contributed by atoms with Crippen molar-refractivity contribution in [2.24, 2.45) is 0 Å². The van der Waals surface area contributed by atoms with Crippen LogP contribution in [0, 0.1) is 6.92 Å². The second-order valence-electron chi connectivity index (χ2n) is 3.54. The zero-order chi connectivity index (χ0) is 11.4. The molecule has 1 heterocycles. The highest BCUT2D eigenvalue weighted by atomic mass is 35.5. The summed E-state index contributed by atoms with van der Waals surface area (Å²) in [5, 5.41) is 13.1. The molecule has 0 aromatic carbocycles. The summed E-state index contributed by atoms with van der Waals surface area (Å²) in [4.78, 5) is 7.96. The van der Waals surface area contributed by atoms with E-state index in [1.54, 1.807) is 6.92 Å². The van der Waals surface area contributed by atoms with Gasteiger partial charge in [0.05, 0.1) is 12.1 Å². The minimum Gasteiger partial charge on any atom is -0.391 e. The van der Waals surface area contributed by atoms with E-state index in [2.05, 4.69) is 15.3 Å². The minimum absolute atomic E-state index is 0.0188. The van der Waals surface area contributed by atoms with Crippen LogP contribution in [0.4, 0.5) is 5.82 Å². The van der Waals surface area contributed by atoms with Crippen molar-refractivity contribution in [2.75, 3.05) is 5.32 Å². The molecule has 15 heavy (non-hydrogen) atoms. The van der Waals surface area contributed by atoms with Crippen molar-refractivity contribution in [3.63, 3.8) is 0 Å². The number of halogens is 1. The third-order valence-electron chi connectivity index (χ3n) is 2.37. The standard InChI is InChI=1S/C10H16ClN3O/c1-4-8(7(3)15)14-10-6(2)9(11)12-5-13-10/h5,7-8,15H,4H2,1-3H3,(H,12,13,14). The first-order valence-corrected chi connectivity index (χ1v) is 5.35. The molecule has 1 aromatic heterocycles. The Bertz CT molecular complexity index is 330. The number of aliphatic hydroxyl groups is 1. The molecule has 0 bridgehead atoms. The second kappa shape index (κ2) is 5.28. The maximum atomic E-state index is 9.49. The lowest BCUT2D eigenvalue weighted by molar-refractivity contribution is 0.169. The molecule has 0 aliphatic carbocycles. The molecule has 2 unspecified atom stereocenters. The van der Waals surface area contributed by atoms with Gasteiger partial charge in [-0.3, -0.25) is 0 Å². The van der Waals surface area contributed by atoms with E-state index in [4.69, 9.17) is 11.6 Å². The SMILES string of the molecule is CCC(Nc1ncnc(Cl)c1C)C(C)O. The summed E-state index contributed by atoms with van der Waals surface area (Å²) in [6, 6.07) is -0.0188. The van der Waals surface area contributed by atoms with Crippen LogP contribution in [0.15, 0.2) is 6.33 Å². The van der Waals surface area contributed by atoms with Gasteiger partial charge in [-0.1, -0.05) is 18.5 Å². The number of hydrogen-bond acceptors (Lipinski definition) is 4. The van der Waals surface area contributed by atoms with Crippen molar-refractivity contribution in [1.82, 2.24) is 9.97 Å². The normalized spacial score (nSPS) is 14.7. The maximum Gasteiger partial charge on any atom is 0.137 e. The molecule has 1 rings (SSSR count). The lowest BCUT2D eigenvalue weighted by Crippen LogP contribution is -2.31. The van der Waals surface area contributed by atoms with Gasteiger partial charge in [0, 0.05) is 5.56 Å². The van der Waals surface area contributed by atoms with E-state index in [1.165, 1.54) is 6.33 Å². The number of hydrogen-bond donors (Lipinski definition) is 2. The number of rotatable bonds is 4. The van der Waals surface area contributed by atoms with Gasteiger partial charge in [-0.05, 0) is 20.3 Å². The van der Waals surface area contributed by atoms with Gasteiger partial charge in [-0.25, -0.2) is 9.97 Å². The van der Waals surface area contributed by atoms with Crippen LogP contribution < -0.4 is 5.32 Å². The Labute approximate surface area is 94.7 Å². The third kappa shape index (κ3) is 3.04. The first kappa shape index (κ1) is 12.2. The molecule has 0 fully saturated rings. The van der Waals surface area contributed by atoms with Crippen molar-refractivity contribution in [2.45, 2.75) is 39.3 Å². The average Bonchev–Trinajstić information content (AvgIpc) is 2.19. The highest BCUT2D eigenvalue weighted by Crippen LogP contribution is 2.19. The molecule has 0 amide bonds. The highest BCUT2D eigenvalue weighted by Gasteiger charge is 2.14. The number of nitrogens with one attached hydrogen (secondary N) is 1. The molecule has 0 spiro atoms. The van der Waals surface area contributed by atoms with Gasteiger partial charge < -0.3 is 10.4 Å². The molecule has 0 saturated heterocycles. The largest absolute Gasteiger partial charge is 0.391 e. The lowest BCUT2D eigenvalue weighted by Gasteiger charge is -2.21. The number of nitrogens with zero attached hydrogens (tertiary/aromatic N) is 2. The van der Waals surface area contributed by atoms with E-state index in [1.807, 2.05) is 13.8 Å². The van der Waals surface area contributed by atoms with E-state index in [-0.39, 0.29) is 6.04 Å². The van der Waals surface area contributed by atoms with Crippen molar-refractivity contribution >= 4 is 17.4 Å². The van der Waals surface area contributed by atoms with Crippen LogP contribution >= 0.6 is 11.6 Å². The van der Waals surface area contributed by atoms with Gasteiger partial charge in [0.15, 0.2) is 0 Å². The Morgan fingerprint density at radius 2 is 2.20 bits per heavy atom. The van der Waals surface area contributed by atoms with Crippen LogP contribution in [0.5, 0.6) is 0 Å². The van der Waals surface area contributed by atoms with Gasteiger partial charge in [-0.2, -0.15) is 0 Å². The summed E-state index contributed by atoms with van der Waals surface area (Å²) >= 11 is 5.87. The molecule has 0 radical (unpaired) electrons. The average molecular weight is 230 g/mol. The molecular weight excluding hydrogens is 214 g/mol. The number of aromatic nitrogens is 2. The van der Waals surface area contributed by atoms with Crippen molar-refractivity contribution in [3.05, 3.63) is 17.0 Å². The summed E-state index contributed by atoms with van der Waals surface area (Å²) in [5.41, 5.74) is 0.804. The molecule has 2 N–H and O–H groups in total. The summed E-state index contributed by atoms with van der Waals surface area (Å²) in [6.45, 7) is 5.60. The Kier molecular flexibility index (Phi) is 4.29. The van der Waals surface area contributed by atoms with Crippen molar-refractivity contribution < 1.29 is 5.11 Å². The van der Waals surface area contributed by atoms with Crippen molar-refractivity contribution in [1.29, 1.82) is 0 Å². The third-order valence-corrected chi connectivity index (χ3v) is 2.75. The molecule has 4 nitrogen and oxygen atoms in total. The fourth-order valence-corrected chi connectivity index (χ4v) is 1.45. The van der Waals surface area contributed by atoms with Crippen molar-refractivity contribution in [3.8, 4) is 0 Å². The zero-order valence-corrected chi connectivity index (χ0v) is 9.91. The van der Waals surface area contributed by atoms with E-state index < -0.39 is 6.10 Å². The zero-order valence-electron chi connectivity index (χ0n) is 9.16. The van der Waals surface area contributed by atoms with Crippen LogP contribution in [0.3, 0.4) is 0 Å². The fourth-order valence-electron chi connectivity index (χ4n) is 1.31. The quantitative estimate of drug-likeness (QED) is 0.776. The van der Waals surface area contributed by atoms with E-state index in [9.17, 15) is 5.11 Å². The van der Waals surface area contributed by atoms with Gasteiger partial charge in [0.2, 0.25) is 0 Å². The lowest BCUT2D eigenvalue weighted by atomic mass is 10.1. The van der Waals surface area contributed by atoms with Crippen LogP contribution in [0.25, 0.3) is 0 Å². The summed E-state index contributed by atoms with van der Waals surface area (Å²) < 4.78 is 0. The van der Waals surface area contributed by atoms with Gasteiger partial charge >= 0.3 is 0 Å². The number of anilines is 1. The Morgan fingerprint density at radius 3 is 2.73 bits per heavy atom. The Morgan fingerprint density at radius 1 is 1.53 bits per heavy atom. The minimum atomic E-state index is -0.428. The molecule has 5 heteroatoms. The molecule has 84 valence electrons. The number of aliphatic hydroxyl groups excluding tert-OH is 1. The fraction of sp³-hybridized carbons (Fsp3) is 0.600. The van der Waals surface area contributed by atoms with E-state index >= 15 is 0 Å². The maximum absolute atomic E-state index is 9.49. The predicted molar refractivity (Wildman–Crippen MR) is 61.2 cm³/mol. The first-order valence-electron chi connectivity index (χ1n) is 4.98. The molecule has 0 aliphatic rings. The van der Waals surface area contributed by atoms with Gasteiger partial charge in [0.1, 0.15) is 17.3 Å². The van der Waals surface area contributed by atoms with Crippen LogP contribution in [0.1, 0.15) is 25.8 Å². The van der Waals surface area contributed by atoms with Crippen LogP contribution in [-0.4, -0.2) is 27.2 Å². The summed E-state index contributed by atoms with van der Waals surface area (Å²) in [7, 11) is 0. The first-order chi connectivity index (χ1) is 7.06.